The Bertz CT molecular complexity index is 1220. The highest BCUT2D eigenvalue weighted by Crippen LogP contribution is 2.34. The van der Waals surface area contributed by atoms with Crippen molar-refractivity contribution in [1.29, 1.82) is 0 Å². The van der Waals surface area contributed by atoms with Crippen LogP contribution in [0.4, 0.5) is 0 Å². The number of nitrogens with zero attached hydrogens (tertiary/aromatic N) is 3. The van der Waals surface area contributed by atoms with Gasteiger partial charge in [0, 0.05) is 13.1 Å². The van der Waals surface area contributed by atoms with Crippen molar-refractivity contribution in [3.63, 3.8) is 0 Å². The Morgan fingerprint density at radius 2 is 1.97 bits per heavy atom. The van der Waals surface area contributed by atoms with Crippen molar-refractivity contribution in [2.75, 3.05) is 32.8 Å². The van der Waals surface area contributed by atoms with Crippen LogP contribution in [0.1, 0.15) is 18.5 Å². The van der Waals surface area contributed by atoms with Gasteiger partial charge in [0.1, 0.15) is 18.4 Å². The number of para-hydroxylation sites is 2. The number of carbonyl (C=O) groups is 1. The molecule has 3 aromatic rings. The maximum atomic E-state index is 12.8. The lowest BCUT2D eigenvalue weighted by Crippen LogP contribution is -2.45. The third-order valence-corrected chi connectivity index (χ3v) is 7.58. The van der Waals surface area contributed by atoms with Crippen LogP contribution in [-0.4, -0.2) is 59.1 Å². The van der Waals surface area contributed by atoms with Crippen LogP contribution >= 0.6 is 11.8 Å². The quantitative estimate of drug-likeness (QED) is 0.627. The van der Waals surface area contributed by atoms with Crippen molar-refractivity contribution in [2.45, 2.75) is 24.0 Å². The van der Waals surface area contributed by atoms with Gasteiger partial charge in [-0.05, 0) is 62.2 Å². The molecule has 0 radical (unpaired) electrons. The Balaban J connectivity index is 0.981. The Labute approximate surface area is 196 Å². The van der Waals surface area contributed by atoms with Gasteiger partial charge in [0.15, 0.2) is 11.5 Å². The summed E-state index contributed by atoms with van der Waals surface area (Å²) in [6, 6.07) is 13.8. The molecule has 1 aromatic carbocycles. The number of amides is 1. The average molecular weight is 463 g/mol. The van der Waals surface area contributed by atoms with Crippen molar-refractivity contribution in [1.82, 2.24) is 19.6 Å². The molecule has 1 fully saturated rings. The van der Waals surface area contributed by atoms with E-state index < -0.39 is 0 Å². The van der Waals surface area contributed by atoms with Gasteiger partial charge in [0.2, 0.25) is 0 Å². The van der Waals surface area contributed by atoms with E-state index in [1.54, 1.807) is 0 Å². The minimum atomic E-state index is -0.00157. The van der Waals surface area contributed by atoms with Crippen LogP contribution in [0.15, 0.2) is 58.6 Å². The number of benzene rings is 1. The van der Waals surface area contributed by atoms with E-state index in [1.807, 2.05) is 54.7 Å². The predicted molar refractivity (Wildman–Crippen MR) is 128 cm³/mol. The van der Waals surface area contributed by atoms with Gasteiger partial charge in [-0.1, -0.05) is 30.0 Å². The molecule has 7 nitrogen and oxygen atoms in total. The molecule has 8 heteroatoms. The SMILES string of the molecule is O=C(NCC1CCN(CC2COc3ccccc3O2)CC1)C1=Cc2cnc3cccc(n23)S1. The summed E-state index contributed by atoms with van der Waals surface area (Å²) in [7, 11) is 0. The monoisotopic (exact) mass is 462 g/mol. The zero-order chi connectivity index (χ0) is 22.2. The van der Waals surface area contributed by atoms with E-state index in [0.29, 0.717) is 19.1 Å². The molecule has 33 heavy (non-hydrogen) atoms. The number of pyridine rings is 1. The third kappa shape index (κ3) is 4.20. The second kappa shape index (κ2) is 8.76. The first-order chi connectivity index (χ1) is 16.2. The van der Waals surface area contributed by atoms with Gasteiger partial charge in [-0.2, -0.15) is 0 Å². The van der Waals surface area contributed by atoms with Gasteiger partial charge in [-0.25, -0.2) is 4.98 Å². The number of aromatic nitrogens is 2. The smallest absolute Gasteiger partial charge is 0.258 e. The van der Waals surface area contributed by atoms with E-state index in [-0.39, 0.29) is 12.0 Å². The molecule has 0 saturated carbocycles. The molecule has 1 amide bonds. The Hall–Kier alpha value is -2.97. The number of thioether (sulfide) groups is 1. The van der Waals surface area contributed by atoms with Crippen molar-refractivity contribution >= 4 is 29.4 Å². The van der Waals surface area contributed by atoms with E-state index in [1.165, 1.54) is 11.8 Å². The summed E-state index contributed by atoms with van der Waals surface area (Å²) in [5, 5.41) is 4.19. The first-order valence-corrected chi connectivity index (χ1v) is 12.3. The number of hydrogen-bond acceptors (Lipinski definition) is 6. The molecule has 0 bridgehead atoms. The lowest BCUT2D eigenvalue weighted by Gasteiger charge is -2.35. The predicted octanol–water partition coefficient (Wildman–Crippen LogP) is 3.45. The second-order valence-electron chi connectivity index (χ2n) is 8.80. The van der Waals surface area contributed by atoms with Crippen molar-refractivity contribution in [3.05, 3.63) is 59.3 Å². The van der Waals surface area contributed by atoms with Gasteiger partial charge in [0.05, 0.1) is 21.8 Å². The highest BCUT2D eigenvalue weighted by molar-refractivity contribution is 8.04. The molecule has 1 atom stereocenters. The zero-order valence-electron chi connectivity index (χ0n) is 18.3. The molecule has 0 spiro atoms. The van der Waals surface area contributed by atoms with E-state index in [2.05, 4.69) is 19.6 Å². The Kier molecular flexibility index (Phi) is 5.47. The molecular formula is C25H26N4O3S. The van der Waals surface area contributed by atoms with Gasteiger partial charge in [0.25, 0.3) is 5.91 Å². The summed E-state index contributed by atoms with van der Waals surface area (Å²) in [6.45, 7) is 4.20. The van der Waals surface area contributed by atoms with Crippen molar-refractivity contribution in [3.8, 4) is 11.5 Å². The van der Waals surface area contributed by atoms with Gasteiger partial charge < -0.3 is 14.8 Å². The second-order valence-corrected chi connectivity index (χ2v) is 9.87. The fourth-order valence-electron chi connectivity index (χ4n) is 4.74. The van der Waals surface area contributed by atoms with E-state index >= 15 is 0 Å². The minimum Gasteiger partial charge on any atom is -0.486 e. The van der Waals surface area contributed by atoms with Crippen LogP contribution in [0.3, 0.4) is 0 Å². The number of carbonyl (C=O) groups excluding carboxylic acids is 1. The molecule has 3 aliphatic heterocycles. The molecule has 170 valence electrons. The molecule has 1 unspecified atom stereocenters. The maximum Gasteiger partial charge on any atom is 0.258 e. The molecule has 1 N–H and O–H groups in total. The zero-order valence-corrected chi connectivity index (χ0v) is 19.1. The summed E-state index contributed by atoms with van der Waals surface area (Å²) < 4.78 is 14.0. The molecule has 6 rings (SSSR count). The summed E-state index contributed by atoms with van der Waals surface area (Å²) in [5.41, 5.74) is 1.86. The van der Waals surface area contributed by atoms with Crippen LogP contribution < -0.4 is 14.8 Å². The van der Waals surface area contributed by atoms with Crippen LogP contribution in [0.5, 0.6) is 11.5 Å². The van der Waals surface area contributed by atoms with Crippen molar-refractivity contribution < 1.29 is 14.3 Å². The number of fused-ring (bicyclic) bond motifs is 1. The van der Waals surface area contributed by atoms with Crippen LogP contribution in [0, 0.1) is 5.92 Å². The summed E-state index contributed by atoms with van der Waals surface area (Å²) in [4.78, 5) is 20.4. The summed E-state index contributed by atoms with van der Waals surface area (Å²) in [5.74, 6) is 2.16. The molecular weight excluding hydrogens is 436 g/mol. The first-order valence-electron chi connectivity index (χ1n) is 11.5. The highest BCUT2D eigenvalue weighted by atomic mass is 32.2. The summed E-state index contributed by atoms with van der Waals surface area (Å²) in [6.07, 6.45) is 5.96. The van der Waals surface area contributed by atoms with E-state index in [9.17, 15) is 4.79 Å². The Morgan fingerprint density at radius 3 is 2.85 bits per heavy atom. The lowest BCUT2D eigenvalue weighted by molar-refractivity contribution is -0.117. The number of rotatable bonds is 5. The fourth-order valence-corrected chi connectivity index (χ4v) is 5.74. The number of hydrogen-bond donors (Lipinski definition) is 1. The largest absolute Gasteiger partial charge is 0.486 e. The highest BCUT2D eigenvalue weighted by Gasteiger charge is 2.27. The molecule has 3 aliphatic rings. The van der Waals surface area contributed by atoms with Gasteiger partial charge in [-0.3, -0.25) is 14.1 Å². The topological polar surface area (TPSA) is 68.1 Å². The average Bonchev–Trinajstić information content (AvgIpc) is 3.28. The van der Waals surface area contributed by atoms with E-state index in [4.69, 9.17) is 9.47 Å². The van der Waals surface area contributed by atoms with Crippen LogP contribution in [0.2, 0.25) is 0 Å². The number of ether oxygens (including phenoxy) is 2. The van der Waals surface area contributed by atoms with Crippen LogP contribution in [-0.2, 0) is 4.79 Å². The van der Waals surface area contributed by atoms with Crippen LogP contribution in [0.25, 0.3) is 11.7 Å². The number of nitrogens with one attached hydrogen (secondary N) is 1. The summed E-state index contributed by atoms with van der Waals surface area (Å²) >= 11 is 1.50. The normalized spacial score (nSPS) is 20.5. The molecule has 5 heterocycles. The number of likely N-dealkylation sites (tertiary alicyclic amines) is 1. The molecule has 1 saturated heterocycles. The lowest BCUT2D eigenvalue weighted by atomic mass is 9.96. The third-order valence-electron chi connectivity index (χ3n) is 6.53. The van der Waals surface area contributed by atoms with E-state index in [0.717, 1.165) is 65.2 Å². The molecule has 0 aliphatic carbocycles. The minimum absolute atomic E-state index is 0.00157. The first kappa shape index (κ1) is 20.6. The maximum absolute atomic E-state index is 12.8. The molecule has 2 aromatic heterocycles. The van der Waals surface area contributed by atoms with Crippen molar-refractivity contribution in [2.24, 2.45) is 5.92 Å². The van der Waals surface area contributed by atoms with Gasteiger partial charge in [-0.15, -0.1) is 0 Å². The number of imidazole rings is 1. The Morgan fingerprint density at radius 1 is 1.12 bits per heavy atom. The number of piperidine rings is 1. The standard InChI is InChI=1S/C25H26N4O3S/c30-25(22-12-18-14-26-23-6-3-7-24(33-22)29(18)23)27-13-17-8-10-28(11-9-17)15-19-16-31-20-4-1-2-5-21(20)32-19/h1-7,12,14,17,19H,8-11,13,15-16H2,(H,27,30). The fraction of sp³-hybridized carbons (Fsp3) is 0.360. The van der Waals surface area contributed by atoms with Gasteiger partial charge >= 0.3 is 0 Å².